The smallest absolute Gasteiger partial charge is 0.127 e. The molecule has 1 heterocycles. The number of hydrogen-bond acceptors (Lipinski definition) is 3. The predicted molar refractivity (Wildman–Crippen MR) is 98.3 cm³/mol. The van der Waals surface area contributed by atoms with E-state index in [0.29, 0.717) is 13.2 Å². The highest BCUT2D eigenvalue weighted by atomic mass is 16.5. The van der Waals surface area contributed by atoms with Crippen molar-refractivity contribution in [2.45, 2.75) is 31.8 Å². The molecule has 0 amide bonds. The van der Waals surface area contributed by atoms with Gasteiger partial charge in [-0.25, -0.2) is 0 Å². The van der Waals surface area contributed by atoms with Crippen molar-refractivity contribution in [3.8, 4) is 16.9 Å². The minimum absolute atomic E-state index is 0.334. The normalized spacial score (nSPS) is 17.2. The number of hydrogen-bond donors (Lipinski definition) is 1. The molecule has 24 heavy (non-hydrogen) atoms. The van der Waals surface area contributed by atoms with Crippen molar-refractivity contribution in [2.75, 3.05) is 26.2 Å². The summed E-state index contributed by atoms with van der Waals surface area (Å²) in [5.41, 5.74) is 2.20. The van der Waals surface area contributed by atoms with E-state index in [4.69, 9.17) is 4.74 Å². The molecule has 0 aliphatic carbocycles. The van der Waals surface area contributed by atoms with Crippen LogP contribution in [0.4, 0.5) is 0 Å². The standard InChI is InChI=1S/C21H27NO2/c23-19(16-22-14-8-1-2-9-15-22)17-24-21-13-7-6-12-20(21)18-10-4-3-5-11-18/h3-7,10-13,19,23H,1-2,8-9,14-17H2/t19-/m1/s1. The maximum atomic E-state index is 10.3. The van der Waals surface area contributed by atoms with Crippen LogP contribution >= 0.6 is 0 Å². The van der Waals surface area contributed by atoms with Gasteiger partial charge in [-0.05, 0) is 37.6 Å². The predicted octanol–water partition coefficient (Wildman–Crippen LogP) is 3.97. The second-order valence-electron chi connectivity index (χ2n) is 6.54. The van der Waals surface area contributed by atoms with E-state index in [1.165, 1.54) is 25.7 Å². The molecule has 3 nitrogen and oxygen atoms in total. The fraction of sp³-hybridized carbons (Fsp3) is 0.429. The number of aliphatic hydroxyl groups is 1. The molecule has 1 fully saturated rings. The summed E-state index contributed by atoms with van der Waals surface area (Å²) in [5.74, 6) is 0.832. The van der Waals surface area contributed by atoms with Crippen LogP contribution in [0.1, 0.15) is 25.7 Å². The third kappa shape index (κ3) is 4.83. The maximum Gasteiger partial charge on any atom is 0.127 e. The number of nitrogens with zero attached hydrogens (tertiary/aromatic N) is 1. The van der Waals surface area contributed by atoms with Gasteiger partial charge in [0, 0.05) is 12.1 Å². The van der Waals surface area contributed by atoms with Crippen molar-refractivity contribution in [1.29, 1.82) is 0 Å². The van der Waals surface area contributed by atoms with E-state index >= 15 is 0 Å². The molecule has 1 saturated heterocycles. The lowest BCUT2D eigenvalue weighted by Crippen LogP contribution is -2.36. The van der Waals surface area contributed by atoms with Crippen LogP contribution in [0.15, 0.2) is 54.6 Å². The minimum atomic E-state index is -0.452. The quantitative estimate of drug-likeness (QED) is 0.872. The van der Waals surface area contributed by atoms with Crippen LogP contribution in [0.25, 0.3) is 11.1 Å². The molecule has 0 radical (unpaired) electrons. The summed E-state index contributed by atoms with van der Waals surface area (Å²) in [6.45, 7) is 3.23. The number of rotatable bonds is 6. The molecule has 0 bridgehead atoms. The monoisotopic (exact) mass is 325 g/mol. The van der Waals surface area contributed by atoms with E-state index in [0.717, 1.165) is 30.0 Å². The minimum Gasteiger partial charge on any atom is -0.490 e. The Bertz CT molecular complexity index is 606. The molecule has 0 aromatic heterocycles. The number of aliphatic hydroxyl groups excluding tert-OH is 1. The zero-order valence-corrected chi connectivity index (χ0v) is 14.2. The molecule has 1 atom stereocenters. The van der Waals surface area contributed by atoms with Crippen molar-refractivity contribution in [1.82, 2.24) is 4.90 Å². The molecule has 0 unspecified atom stereocenters. The summed E-state index contributed by atoms with van der Waals surface area (Å²) >= 11 is 0. The SMILES string of the molecule is O[C@@H](COc1ccccc1-c1ccccc1)CN1CCCCCC1. The first-order valence-corrected chi connectivity index (χ1v) is 9.00. The lowest BCUT2D eigenvalue weighted by atomic mass is 10.1. The van der Waals surface area contributed by atoms with Crippen LogP contribution in [-0.2, 0) is 0 Å². The van der Waals surface area contributed by atoms with Gasteiger partial charge in [-0.2, -0.15) is 0 Å². The molecule has 2 aromatic carbocycles. The van der Waals surface area contributed by atoms with Gasteiger partial charge in [0.25, 0.3) is 0 Å². The number of β-amino-alcohol motifs (C(OH)–C–C–N with tert-alkyl or cyclic N) is 1. The first-order chi connectivity index (χ1) is 11.8. The number of benzene rings is 2. The first kappa shape index (κ1) is 17.0. The van der Waals surface area contributed by atoms with Gasteiger partial charge >= 0.3 is 0 Å². The average molecular weight is 325 g/mol. The summed E-state index contributed by atoms with van der Waals surface area (Å²) < 4.78 is 5.95. The van der Waals surface area contributed by atoms with Crippen LogP contribution in [0.2, 0.25) is 0 Å². The molecule has 2 aromatic rings. The van der Waals surface area contributed by atoms with Gasteiger partial charge < -0.3 is 14.7 Å². The van der Waals surface area contributed by atoms with E-state index in [1.54, 1.807) is 0 Å². The Morgan fingerprint density at radius 2 is 1.54 bits per heavy atom. The van der Waals surface area contributed by atoms with Gasteiger partial charge in [-0.1, -0.05) is 61.4 Å². The summed E-state index contributed by atoms with van der Waals surface area (Å²) in [7, 11) is 0. The molecular formula is C21H27NO2. The Kier molecular flexibility index (Phi) is 6.27. The lowest BCUT2D eigenvalue weighted by Gasteiger charge is -2.23. The number of ether oxygens (including phenoxy) is 1. The summed E-state index contributed by atoms with van der Waals surface area (Å²) in [6, 6.07) is 18.3. The second kappa shape index (κ2) is 8.86. The Morgan fingerprint density at radius 3 is 2.29 bits per heavy atom. The first-order valence-electron chi connectivity index (χ1n) is 9.00. The summed E-state index contributed by atoms with van der Waals surface area (Å²) in [4.78, 5) is 2.37. The molecule has 1 aliphatic rings. The van der Waals surface area contributed by atoms with Crippen molar-refractivity contribution >= 4 is 0 Å². The summed E-state index contributed by atoms with van der Waals surface area (Å²) in [6.07, 6.45) is 4.66. The van der Waals surface area contributed by atoms with Crippen molar-refractivity contribution in [3.63, 3.8) is 0 Å². The molecule has 1 N–H and O–H groups in total. The molecule has 3 heteroatoms. The van der Waals surface area contributed by atoms with Gasteiger partial charge in [-0.15, -0.1) is 0 Å². The van der Waals surface area contributed by atoms with Gasteiger partial charge in [0.05, 0.1) is 0 Å². The van der Waals surface area contributed by atoms with Crippen LogP contribution < -0.4 is 4.74 Å². The third-order valence-electron chi connectivity index (χ3n) is 4.57. The molecule has 128 valence electrons. The van der Waals surface area contributed by atoms with E-state index in [9.17, 15) is 5.11 Å². The highest BCUT2D eigenvalue weighted by molar-refractivity contribution is 5.70. The zero-order valence-electron chi connectivity index (χ0n) is 14.2. The van der Waals surface area contributed by atoms with Crippen LogP contribution in [0, 0.1) is 0 Å². The van der Waals surface area contributed by atoms with Gasteiger partial charge in [0.2, 0.25) is 0 Å². The summed E-state index contributed by atoms with van der Waals surface area (Å²) in [5, 5.41) is 10.3. The number of para-hydroxylation sites is 1. The largest absolute Gasteiger partial charge is 0.490 e. The van der Waals surface area contributed by atoms with Crippen LogP contribution in [0.3, 0.4) is 0 Å². The lowest BCUT2D eigenvalue weighted by molar-refractivity contribution is 0.0696. The van der Waals surface area contributed by atoms with Crippen molar-refractivity contribution < 1.29 is 9.84 Å². The number of likely N-dealkylation sites (tertiary alicyclic amines) is 1. The third-order valence-corrected chi connectivity index (χ3v) is 4.57. The van der Waals surface area contributed by atoms with E-state index in [-0.39, 0.29) is 0 Å². The molecule has 0 saturated carbocycles. The highest BCUT2D eigenvalue weighted by Gasteiger charge is 2.15. The topological polar surface area (TPSA) is 32.7 Å². The maximum absolute atomic E-state index is 10.3. The zero-order chi connectivity index (χ0) is 16.6. The molecule has 0 spiro atoms. The Balaban J connectivity index is 1.58. The molecule has 3 rings (SSSR count). The second-order valence-corrected chi connectivity index (χ2v) is 6.54. The van der Waals surface area contributed by atoms with E-state index < -0.39 is 6.10 Å². The van der Waals surface area contributed by atoms with Gasteiger partial charge in [0.15, 0.2) is 0 Å². The van der Waals surface area contributed by atoms with Crippen molar-refractivity contribution in [2.24, 2.45) is 0 Å². The fourth-order valence-electron chi connectivity index (χ4n) is 3.30. The Morgan fingerprint density at radius 1 is 0.875 bits per heavy atom. The molecular weight excluding hydrogens is 298 g/mol. The fourth-order valence-corrected chi connectivity index (χ4v) is 3.30. The van der Waals surface area contributed by atoms with E-state index in [1.807, 2.05) is 36.4 Å². The van der Waals surface area contributed by atoms with Gasteiger partial charge in [0.1, 0.15) is 18.5 Å². The van der Waals surface area contributed by atoms with Gasteiger partial charge in [-0.3, -0.25) is 0 Å². The average Bonchev–Trinajstić information content (AvgIpc) is 2.90. The van der Waals surface area contributed by atoms with Crippen LogP contribution in [-0.4, -0.2) is 42.4 Å². The Hall–Kier alpha value is -1.84. The van der Waals surface area contributed by atoms with Crippen LogP contribution in [0.5, 0.6) is 5.75 Å². The Labute approximate surface area is 144 Å². The highest BCUT2D eigenvalue weighted by Crippen LogP contribution is 2.29. The molecule has 1 aliphatic heterocycles. The van der Waals surface area contributed by atoms with E-state index in [2.05, 4.69) is 23.1 Å². The van der Waals surface area contributed by atoms with Crippen molar-refractivity contribution in [3.05, 3.63) is 54.6 Å².